The van der Waals surface area contributed by atoms with E-state index in [4.69, 9.17) is 4.74 Å². The van der Waals surface area contributed by atoms with Crippen molar-refractivity contribution in [1.82, 2.24) is 3.97 Å². The molecule has 0 saturated heterocycles. The lowest BCUT2D eigenvalue weighted by molar-refractivity contribution is 0.414. The summed E-state index contributed by atoms with van der Waals surface area (Å²) in [4.78, 5) is 0.225. The van der Waals surface area contributed by atoms with Gasteiger partial charge in [-0.25, -0.2) is 12.4 Å². The van der Waals surface area contributed by atoms with E-state index in [0.29, 0.717) is 11.3 Å². The molecule has 0 saturated carbocycles. The first-order valence-electron chi connectivity index (χ1n) is 8.00. The molecule has 0 unspecified atom stereocenters. The van der Waals surface area contributed by atoms with E-state index in [0.717, 1.165) is 11.1 Å². The molecule has 132 valence electrons. The third-order valence-electron chi connectivity index (χ3n) is 3.79. The fourth-order valence-corrected chi connectivity index (χ4v) is 4.05. The highest BCUT2D eigenvalue weighted by Gasteiger charge is 2.19. The molecular formula is C19H22N2O3S. The van der Waals surface area contributed by atoms with Crippen LogP contribution in [0.4, 0.5) is 5.69 Å². The van der Waals surface area contributed by atoms with Crippen LogP contribution in [0.1, 0.15) is 20.8 Å². The zero-order valence-corrected chi connectivity index (χ0v) is 15.6. The number of anilines is 1. The first-order chi connectivity index (χ1) is 11.7. The van der Waals surface area contributed by atoms with Crippen molar-refractivity contribution in [2.75, 3.05) is 12.4 Å². The molecule has 2 aromatic carbocycles. The molecule has 0 atom stereocenters. The summed E-state index contributed by atoms with van der Waals surface area (Å²) in [5.74, 6) is 0.620. The molecule has 1 aromatic heterocycles. The van der Waals surface area contributed by atoms with Crippen molar-refractivity contribution < 1.29 is 13.2 Å². The van der Waals surface area contributed by atoms with Crippen molar-refractivity contribution in [3.8, 4) is 5.75 Å². The predicted octanol–water partition coefficient (Wildman–Crippen LogP) is 4.10. The molecule has 1 heterocycles. The number of rotatable bonds is 4. The number of benzene rings is 2. The quantitative estimate of drug-likeness (QED) is 0.763. The van der Waals surface area contributed by atoms with Crippen LogP contribution < -0.4 is 10.1 Å². The van der Waals surface area contributed by atoms with Crippen LogP contribution >= 0.6 is 0 Å². The summed E-state index contributed by atoms with van der Waals surface area (Å²) < 4.78 is 32.3. The lowest BCUT2D eigenvalue weighted by Gasteiger charge is -2.22. The second-order valence-corrected chi connectivity index (χ2v) is 8.76. The number of nitrogens with zero attached hydrogens (tertiary/aromatic N) is 1. The van der Waals surface area contributed by atoms with Gasteiger partial charge in [0.25, 0.3) is 10.0 Å². The van der Waals surface area contributed by atoms with E-state index in [1.165, 1.54) is 3.97 Å². The molecule has 5 nitrogen and oxygen atoms in total. The van der Waals surface area contributed by atoms with Crippen LogP contribution in [0.25, 0.3) is 10.9 Å². The molecule has 3 rings (SSSR count). The molecule has 25 heavy (non-hydrogen) atoms. The fraction of sp³-hybridized carbons (Fsp3) is 0.263. The summed E-state index contributed by atoms with van der Waals surface area (Å²) in [7, 11) is -2.11. The van der Waals surface area contributed by atoms with Gasteiger partial charge in [0.2, 0.25) is 0 Å². The Morgan fingerprint density at radius 2 is 1.68 bits per heavy atom. The normalized spacial score (nSPS) is 12.3. The van der Waals surface area contributed by atoms with Crippen LogP contribution in [-0.4, -0.2) is 25.0 Å². The molecule has 0 radical (unpaired) electrons. The van der Waals surface area contributed by atoms with Crippen molar-refractivity contribution in [1.29, 1.82) is 0 Å². The second-order valence-electron chi connectivity index (χ2n) is 6.94. The van der Waals surface area contributed by atoms with Gasteiger partial charge < -0.3 is 10.1 Å². The Morgan fingerprint density at radius 3 is 2.28 bits per heavy atom. The van der Waals surface area contributed by atoms with E-state index in [1.54, 1.807) is 37.6 Å². The number of nitrogens with one attached hydrogen (secondary N) is 1. The lowest BCUT2D eigenvalue weighted by atomic mass is 10.1. The first kappa shape index (κ1) is 17.4. The predicted molar refractivity (Wildman–Crippen MR) is 101 cm³/mol. The monoisotopic (exact) mass is 358 g/mol. The van der Waals surface area contributed by atoms with E-state index >= 15 is 0 Å². The Morgan fingerprint density at radius 1 is 1.00 bits per heavy atom. The highest BCUT2D eigenvalue weighted by atomic mass is 32.2. The molecule has 0 fully saturated rings. The van der Waals surface area contributed by atoms with Crippen LogP contribution in [0.3, 0.4) is 0 Å². The molecular weight excluding hydrogens is 336 g/mol. The third kappa shape index (κ3) is 3.49. The van der Waals surface area contributed by atoms with E-state index in [9.17, 15) is 8.42 Å². The molecule has 0 aliphatic rings. The zero-order chi connectivity index (χ0) is 18.2. The largest absolute Gasteiger partial charge is 0.497 e. The number of ether oxygens (including phenoxy) is 1. The fourth-order valence-electron chi connectivity index (χ4n) is 2.70. The summed E-state index contributed by atoms with van der Waals surface area (Å²) in [5, 5.41) is 4.26. The maximum absolute atomic E-state index is 12.9. The van der Waals surface area contributed by atoms with Crippen LogP contribution in [0, 0.1) is 0 Å². The SMILES string of the molecule is COc1ccc(S(=O)(=O)n2ccc3cc(NC(C)(C)C)ccc32)cc1. The van der Waals surface area contributed by atoms with Crippen LogP contribution in [0.2, 0.25) is 0 Å². The topological polar surface area (TPSA) is 60.3 Å². The molecule has 0 spiro atoms. The number of hydrogen-bond acceptors (Lipinski definition) is 4. The van der Waals surface area contributed by atoms with Gasteiger partial charge in [0, 0.05) is 22.8 Å². The van der Waals surface area contributed by atoms with Crippen molar-refractivity contribution in [3.63, 3.8) is 0 Å². The van der Waals surface area contributed by atoms with Gasteiger partial charge in [-0.3, -0.25) is 0 Å². The minimum Gasteiger partial charge on any atom is -0.497 e. The molecule has 0 aliphatic carbocycles. The van der Waals surface area contributed by atoms with Crippen molar-refractivity contribution in [3.05, 3.63) is 54.7 Å². The average Bonchev–Trinajstić information content (AvgIpc) is 2.97. The zero-order valence-electron chi connectivity index (χ0n) is 14.8. The van der Waals surface area contributed by atoms with Crippen LogP contribution in [0.15, 0.2) is 59.6 Å². The van der Waals surface area contributed by atoms with Crippen molar-refractivity contribution in [2.45, 2.75) is 31.2 Å². The minimum atomic E-state index is -3.65. The molecule has 0 amide bonds. The van der Waals surface area contributed by atoms with E-state index in [2.05, 4.69) is 26.1 Å². The third-order valence-corrected chi connectivity index (χ3v) is 5.49. The van der Waals surface area contributed by atoms with Gasteiger partial charge in [-0.15, -0.1) is 0 Å². The van der Waals surface area contributed by atoms with Gasteiger partial charge >= 0.3 is 0 Å². The minimum absolute atomic E-state index is 0.0641. The summed E-state index contributed by atoms with van der Waals surface area (Å²) in [6.45, 7) is 6.24. The number of fused-ring (bicyclic) bond motifs is 1. The Kier molecular flexibility index (Phi) is 4.24. The van der Waals surface area contributed by atoms with Crippen LogP contribution in [-0.2, 0) is 10.0 Å². The smallest absolute Gasteiger partial charge is 0.268 e. The number of methoxy groups -OCH3 is 1. The second kappa shape index (κ2) is 6.11. The van der Waals surface area contributed by atoms with Gasteiger partial charge in [-0.2, -0.15) is 0 Å². The Labute approximate surface area is 148 Å². The van der Waals surface area contributed by atoms with Crippen LogP contribution in [0.5, 0.6) is 5.75 Å². The molecule has 6 heteroatoms. The summed E-state index contributed by atoms with van der Waals surface area (Å²) in [6.07, 6.45) is 1.59. The average molecular weight is 358 g/mol. The summed E-state index contributed by atoms with van der Waals surface area (Å²) >= 11 is 0. The van der Waals surface area contributed by atoms with E-state index in [-0.39, 0.29) is 10.4 Å². The Hall–Kier alpha value is -2.47. The molecule has 0 bridgehead atoms. The first-order valence-corrected chi connectivity index (χ1v) is 9.44. The summed E-state index contributed by atoms with van der Waals surface area (Å²) in [6, 6.07) is 13.9. The highest BCUT2D eigenvalue weighted by Crippen LogP contribution is 2.26. The number of aromatic nitrogens is 1. The maximum atomic E-state index is 12.9. The van der Waals surface area contributed by atoms with Crippen molar-refractivity contribution >= 4 is 26.6 Å². The molecule has 0 aliphatic heterocycles. The van der Waals surface area contributed by atoms with Gasteiger partial charge in [0.05, 0.1) is 17.5 Å². The lowest BCUT2D eigenvalue weighted by Crippen LogP contribution is -2.25. The molecule has 3 aromatic rings. The Bertz CT molecular complexity index is 997. The molecule has 1 N–H and O–H groups in total. The van der Waals surface area contributed by atoms with Gasteiger partial charge in [0.15, 0.2) is 0 Å². The maximum Gasteiger partial charge on any atom is 0.268 e. The van der Waals surface area contributed by atoms with Gasteiger partial charge in [-0.1, -0.05) is 0 Å². The highest BCUT2D eigenvalue weighted by molar-refractivity contribution is 7.90. The van der Waals surface area contributed by atoms with E-state index < -0.39 is 10.0 Å². The van der Waals surface area contributed by atoms with Crippen molar-refractivity contribution in [2.24, 2.45) is 0 Å². The summed E-state index contributed by atoms with van der Waals surface area (Å²) in [5.41, 5.74) is 1.54. The Balaban J connectivity index is 2.03. The van der Waals surface area contributed by atoms with Gasteiger partial charge in [0.1, 0.15) is 5.75 Å². The van der Waals surface area contributed by atoms with Gasteiger partial charge in [-0.05, 0) is 69.3 Å². The standard InChI is InChI=1S/C19H22N2O3S/c1-19(2,3)20-15-5-10-18-14(13-15)11-12-21(18)25(22,23)17-8-6-16(24-4)7-9-17/h5-13,20H,1-4H3. The van der Waals surface area contributed by atoms with E-state index in [1.807, 2.05) is 24.3 Å². The number of hydrogen-bond donors (Lipinski definition) is 1.